The van der Waals surface area contributed by atoms with E-state index in [4.69, 9.17) is 22.9 Å². The monoisotopic (exact) mass is 816 g/mol. The molecule has 6 fully saturated rings. The standard InChI is InChI=1S/C49H70ClN3O5/c1-29(2)43-40(54)27-49(51-32(5)53(25-24-52-22-8-9-23-52)28-33-10-12-34(50)13-11-33)21-17-39-35(44(43)49)14-15-42-47(6)20-18-41(31(4)38(47)16-19-48(39,42)7)58-46(57)37-26-36(30(37)3)45(55)56/h10-13,29-31,35-39,41-42,51H,5,8-9,14-28H2,1-4,6-7H3,(H,55,56). The maximum Gasteiger partial charge on any atom is 0.309 e. The molecule has 8 rings (SSSR count). The van der Waals surface area contributed by atoms with Crippen LogP contribution < -0.4 is 5.32 Å². The number of ether oxygens (including phenoxy) is 1. The van der Waals surface area contributed by atoms with E-state index in [1.165, 1.54) is 30.4 Å². The Morgan fingerprint density at radius 3 is 2.31 bits per heavy atom. The molecule has 318 valence electrons. The molecule has 1 aromatic rings. The van der Waals surface area contributed by atoms with Crippen molar-refractivity contribution in [1.82, 2.24) is 15.1 Å². The zero-order chi connectivity index (χ0) is 41.3. The molecule has 5 saturated carbocycles. The summed E-state index contributed by atoms with van der Waals surface area (Å²) >= 11 is 6.29. The number of likely N-dealkylation sites (tertiary alicyclic amines) is 1. The van der Waals surface area contributed by atoms with Gasteiger partial charge >= 0.3 is 11.9 Å². The summed E-state index contributed by atoms with van der Waals surface area (Å²) in [6, 6.07) is 8.17. The number of fused-ring (bicyclic) bond motifs is 7. The smallest absolute Gasteiger partial charge is 0.309 e. The maximum atomic E-state index is 14.3. The molecule has 1 saturated heterocycles. The Morgan fingerprint density at radius 2 is 1.64 bits per heavy atom. The number of hydrogen-bond acceptors (Lipinski definition) is 7. The van der Waals surface area contributed by atoms with Gasteiger partial charge in [-0.25, -0.2) is 0 Å². The first kappa shape index (κ1) is 41.9. The van der Waals surface area contributed by atoms with Crippen molar-refractivity contribution in [2.75, 3.05) is 26.2 Å². The lowest BCUT2D eigenvalue weighted by Gasteiger charge is -2.67. The highest BCUT2D eigenvalue weighted by atomic mass is 35.5. The average Bonchev–Trinajstić information content (AvgIpc) is 3.79. The Kier molecular flexibility index (Phi) is 11.5. The van der Waals surface area contributed by atoms with E-state index in [1.54, 1.807) is 0 Å². The Hall–Kier alpha value is -2.84. The normalized spacial score (nSPS) is 39.6. The van der Waals surface area contributed by atoms with E-state index >= 15 is 0 Å². The van der Waals surface area contributed by atoms with E-state index in [1.807, 2.05) is 19.1 Å². The fourth-order valence-electron chi connectivity index (χ4n) is 14.6. The lowest BCUT2D eigenvalue weighted by Crippen LogP contribution is -2.62. The largest absolute Gasteiger partial charge is 0.481 e. The minimum Gasteiger partial charge on any atom is -0.481 e. The molecule has 9 heteroatoms. The van der Waals surface area contributed by atoms with Crippen LogP contribution in [0.4, 0.5) is 0 Å². The summed E-state index contributed by atoms with van der Waals surface area (Å²) in [5.74, 6) is 1.76. The van der Waals surface area contributed by atoms with Crippen molar-refractivity contribution in [3.05, 3.63) is 58.4 Å². The molecule has 2 N–H and O–H groups in total. The molecule has 1 aromatic carbocycles. The molecule has 0 aromatic heterocycles. The van der Waals surface area contributed by atoms with Gasteiger partial charge in [0.1, 0.15) is 6.10 Å². The van der Waals surface area contributed by atoms with E-state index in [0.29, 0.717) is 42.3 Å². The van der Waals surface area contributed by atoms with Crippen LogP contribution in [0.5, 0.6) is 0 Å². The van der Waals surface area contributed by atoms with Crippen LogP contribution in [0.3, 0.4) is 0 Å². The minimum atomic E-state index is -0.805. The number of esters is 1. The van der Waals surface area contributed by atoms with Crippen molar-refractivity contribution in [2.24, 2.45) is 64.1 Å². The Balaban J connectivity index is 1.01. The molecule has 1 aliphatic heterocycles. The second-order valence-electron chi connectivity index (χ2n) is 20.9. The van der Waals surface area contributed by atoms with Gasteiger partial charge in [0, 0.05) is 31.1 Å². The van der Waals surface area contributed by atoms with Gasteiger partial charge in [-0.05, 0) is 165 Å². The Bertz CT molecular complexity index is 1800. The van der Waals surface area contributed by atoms with Gasteiger partial charge in [0.05, 0.1) is 23.2 Å². The van der Waals surface area contributed by atoms with E-state index < -0.39 is 17.4 Å². The molecule has 12 atom stereocenters. The molecule has 6 aliphatic carbocycles. The van der Waals surface area contributed by atoms with Crippen LogP contribution in [0.1, 0.15) is 124 Å². The van der Waals surface area contributed by atoms with Crippen molar-refractivity contribution in [1.29, 1.82) is 0 Å². The topological polar surface area (TPSA) is 99.2 Å². The van der Waals surface area contributed by atoms with Gasteiger partial charge in [0.15, 0.2) is 5.78 Å². The summed E-state index contributed by atoms with van der Waals surface area (Å²) in [4.78, 5) is 44.2. The van der Waals surface area contributed by atoms with E-state index in [-0.39, 0.29) is 46.6 Å². The quantitative estimate of drug-likeness (QED) is 0.202. The number of allylic oxidation sites excluding steroid dienone is 1. The van der Waals surface area contributed by atoms with E-state index in [0.717, 1.165) is 94.1 Å². The van der Waals surface area contributed by atoms with Gasteiger partial charge < -0.3 is 25.0 Å². The predicted molar refractivity (Wildman–Crippen MR) is 229 cm³/mol. The van der Waals surface area contributed by atoms with Gasteiger partial charge in [-0.15, -0.1) is 0 Å². The second kappa shape index (κ2) is 15.9. The predicted octanol–water partition coefficient (Wildman–Crippen LogP) is 9.52. The summed E-state index contributed by atoms with van der Waals surface area (Å²) < 4.78 is 6.28. The molecule has 8 nitrogen and oxygen atoms in total. The number of aliphatic carboxylic acids is 1. The highest BCUT2D eigenvalue weighted by Crippen LogP contribution is 2.70. The van der Waals surface area contributed by atoms with Crippen LogP contribution in [0.15, 0.2) is 47.8 Å². The fourth-order valence-corrected chi connectivity index (χ4v) is 14.7. The lowest BCUT2D eigenvalue weighted by atomic mass is 9.38. The number of carbonyl (C=O) groups is 3. The van der Waals surface area contributed by atoms with Crippen molar-refractivity contribution >= 4 is 29.3 Å². The number of Topliss-reactive ketones (excluding diaryl/α,β-unsaturated/α-hetero) is 1. The number of carboxylic acid groups (broad SMARTS) is 1. The molecule has 0 amide bonds. The number of nitrogens with one attached hydrogen (secondary N) is 1. The van der Waals surface area contributed by atoms with Crippen molar-refractivity contribution < 1.29 is 24.2 Å². The lowest BCUT2D eigenvalue weighted by molar-refractivity contribution is -0.196. The zero-order valence-corrected chi connectivity index (χ0v) is 36.9. The number of nitrogens with zero attached hydrogens (tertiary/aromatic N) is 2. The number of carbonyl (C=O) groups excluding carboxylic acids is 2. The number of benzene rings is 1. The molecule has 0 spiro atoms. The van der Waals surface area contributed by atoms with Gasteiger partial charge in [0.25, 0.3) is 0 Å². The molecule has 0 bridgehead atoms. The zero-order valence-electron chi connectivity index (χ0n) is 36.2. The van der Waals surface area contributed by atoms with Gasteiger partial charge in [-0.1, -0.05) is 71.9 Å². The highest BCUT2D eigenvalue weighted by molar-refractivity contribution is 6.30. The van der Waals surface area contributed by atoms with Crippen LogP contribution in [0.25, 0.3) is 0 Å². The maximum absolute atomic E-state index is 14.3. The third kappa shape index (κ3) is 7.16. The van der Waals surface area contributed by atoms with Crippen LogP contribution in [0.2, 0.25) is 5.02 Å². The summed E-state index contributed by atoms with van der Waals surface area (Å²) in [7, 11) is 0. The summed E-state index contributed by atoms with van der Waals surface area (Å²) in [5, 5.41) is 14.3. The molecule has 12 unspecified atom stereocenters. The molecular weight excluding hydrogens is 746 g/mol. The van der Waals surface area contributed by atoms with E-state index in [9.17, 15) is 19.5 Å². The fraction of sp³-hybridized carbons (Fsp3) is 0.735. The molecule has 0 radical (unpaired) electrons. The van der Waals surface area contributed by atoms with Crippen LogP contribution in [-0.2, 0) is 25.7 Å². The molecule has 58 heavy (non-hydrogen) atoms. The first-order chi connectivity index (χ1) is 27.6. The van der Waals surface area contributed by atoms with Crippen molar-refractivity contribution in [3.8, 4) is 0 Å². The number of carboxylic acids is 1. The Morgan fingerprint density at radius 1 is 0.966 bits per heavy atom. The van der Waals surface area contributed by atoms with Gasteiger partial charge in [-0.3, -0.25) is 14.4 Å². The minimum absolute atomic E-state index is 0.102. The number of hydrogen-bond donors (Lipinski definition) is 2. The number of rotatable bonds is 12. The van der Waals surface area contributed by atoms with Crippen LogP contribution >= 0.6 is 11.6 Å². The SMILES string of the molecule is C=C(NC12CCC3C(CCC4C3(C)CCC3C(C)C(OC(=O)C5CC(C(=O)O)C5C)CCC34C)C1=C(C(C)C)C(=O)C2)N(CCN1CCCC1)Cc1ccc(Cl)cc1. The molecule has 7 aliphatic rings. The summed E-state index contributed by atoms with van der Waals surface area (Å²) in [6.45, 7) is 23.5. The highest BCUT2D eigenvalue weighted by Gasteiger charge is 2.65. The summed E-state index contributed by atoms with van der Waals surface area (Å²) in [5.41, 5.74) is 3.65. The molecule has 1 heterocycles. The first-order valence-electron chi connectivity index (χ1n) is 23.0. The van der Waals surface area contributed by atoms with Gasteiger partial charge in [0.2, 0.25) is 0 Å². The first-order valence-corrected chi connectivity index (χ1v) is 23.3. The average molecular weight is 817 g/mol. The van der Waals surface area contributed by atoms with Crippen LogP contribution in [-0.4, -0.2) is 70.5 Å². The summed E-state index contributed by atoms with van der Waals surface area (Å²) in [6.07, 6.45) is 11.9. The third-order valence-corrected chi connectivity index (χ3v) is 18.0. The van der Waals surface area contributed by atoms with Crippen molar-refractivity contribution in [2.45, 2.75) is 137 Å². The Labute approximate surface area is 352 Å². The van der Waals surface area contributed by atoms with Gasteiger partial charge in [-0.2, -0.15) is 0 Å². The second-order valence-corrected chi connectivity index (χ2v) is 21.3. The van der Waals surface area contributed by atoms with Crippen molar-refractivity contribution in [3.63, 3.8) is 0 Å². The number of ketones is 1. The van der Waals surface area contributed by atoms with Crippen LogP contribution in [0, 0.1) is 64.1 Å². The van der Waals surface area contributed by atoms with E-state index in [2.05, 4.69) is 61.9 Å². The molecular formula is C49H70ClN3O5. The number of halogens is 1. The third-order valence-electron chi connectivity index (χ3n) is 17.7.